The molecule has 5 rings (SSSR count). The van der Waals surface area contributed by atoms with Crippen molar-refractivity contribution in [2.24, 2.45) is 0 Å². The Labute approximate surface area is 210 Å². The Morgan fingerprint density at radius 2 is 2.00 bits per heavy atom. The Kier molecular flexibility index (Phi) is 7.04. The molecule has 1 saturated heterocycles. The van der Waals surface area contributed by atoms with Crippen LogP contribution in [0.5, 0.6) is 11.6 Å². The molecule has 0 unspecified atom stereocenters. The highest BCUT2D eigenvalue weighted by Crippen LogP contribution is 2.37. The molecule has 0 saturated carbocycles. The monoisotopic (exact) mass is 483 g/mol. The lowest BCUT2D eigenvalue weighted by molar-refractivity contribution is -0.139. The summed E-state index contributed by atoms with van der Waals surface area (Å²) >= 11 is 0. The van der Waals surface area contributed by atoms with Crippen LogP contribution in [0.15, 0.2) is 60.9 Å². The lowest BCUT2D eigenvalue weighted by atomic mass is 9.99. The molecule has 8 heteroatoms. The van der Waals surface area contributed by atoms with E-state index in [-0.39, 0.29) is 12.4 Å². The van der Waals surface area contributed by atoms with Crippen LogP contribution < -0.4 is 15.4 Å². The van der Waals surface area contributed by atoms with Gasteiger partial charge in [0, 0.05) is 30.4 Å². The molecule has 8 nitrogen and oxygen atoms in total. The molecular formula is C28H29N5O3. The molecule has 0 amide bonds. The van der Waals surface area contributed by atoms with Gasteiger partial charge in [0.2, 0.25) is 11.8 Å². The number of benzene rings is 2. The SMILES string of the molecule is COC(=O)Cc1cccc2c(Oc3ncccc3-c3ccnc(N[C@H]4CCCNC4)n3)c(C)ccc12. The molecular weight excluding hydrogens is 454 g/mol. The number of methoxy groups -OCH3 is 1. The first-order valence-corrected chi connectivity index (χ1v) is 12.1. The maximum atomic E-state index is 11.9. The second-order valence-electron chi connectivity index (χ2n) is 8.89. The van der Waals surface area contributed by atoms with Crippen molar-refractivity contribution in [2.45, 2.75) is 32.2 Å². The van der Waals surface area contributed by atoms with Gasteiger partial charge in [0.05, 0.1) is 24.8 Å². The standard InChI is InChI=1S/C28H29N5O3/c1-18-10-11-21-19(16-25(34)35-2)6-3-8-22(21)26(18)36-27-23(9-5-14-30-27)24-12-15-31-28(33-24)32-20-7-4-13-29-17-20/h3,5-6,8-12,14-15,20,29H,4,7,13,16-17H2,1-2H3,(H,31,32,33)/t20-/m0/s1. The largest absolute Gasteiger partial charge is 0.469 e. The zero-order valence-electron chi connectivity index (χ0n) is 20.5. The van der Waals surface area contributed by atoms with Gasteiger partial charge in [-0.2, -0.15) is 0 Å². The maximum Gasteiger partial charge on any atom is 0.309 e. The molecule has 184 valence electrons. The quantitative estimate of drug-likeness (QED) is 0.366. The predicted molar refractivity (Wildman–Crippen MR) is 139 cm³/mol. The number of carbonyl (C=O) groups is 1. The summed E-state index contributed by atoms with van der Waals surface area (Å²) in [5, 5.41) is 8.68. The third-order valence-electron chi connectivity index (χ3n) is 6.39. The van der Waals surface area contributed by atoms with Crippen LogP contribution in [-0.4, -0.2) is 47.2 Å². The summed E-state index contributed by atoms with van der Waals surface area (Å²) in [5.41, 5.74) is 3.34. The van der Waals surface area contributed by atoms with E-state index < -0.39 is 0 Å². The summed E-state index contributed by atoms with van der Waals surface area (Å²) in [7, 11) is 1.40. The molecule has 0 spiro atoms. The van der Waals surface area contributed by atoms with E-state index in [4.69, 9.17) is 14.5 Å². The fourth-order valence-electron chi connectivity index (χ4n) is 4.52. The number of aromatic nitrogens is 3. The number of piperidine rings is 1. The third-order valence-corrected chi connectivity index (χ3v) is 6.39. The second kappa shape index (κ2) is 10.7. The lowest BCUT2D eigenvalue weighted by Gasteiger charge is -2.23. The van der Waals surface area contributed by atoms with Crippen molar-refractivity contribution in [1.82, 2.24) is 20.3 Å². The number of aryl methyl sites for hydroxylation is 1. The maximum absolute atomic E-state index is 11.9. The van der Waals surface area contributed by atoms with Gasteiger partial charge in [0.1, 0.15) is 5.75 Å². The highest BCUT2D eigenvalue weighted by molar-refractivity contribution is 5.94. The Bertz CT molecular complexity index is 1380. The third kappa shape index (κ3) is 5.13. The van der Waals surface area contributed by atoms with Crippen LogP contribution in [0, 0.1) is 6.92 Å². The number of ether oxygens (including phenoxy) is 2. The molecule has 1 aliphatic heterocycles. The van der Waals surface area contributed by atoms with Crippen molar-refractivity contribution in [3.63, 3.8) is 0 Å². The zero-order chi connectivity index (χ0) is 24.9. The summed E-state index contributed by atoms with van der Waals surface area (Å²) in [6.07, 6.45) is 5.86. The summed E-state index contributed by atoms with van der Waals surface area (Å²) in [4.78, 5) is 25.7. The molecule has 2 aromatic heterocycles. The van der Waals surface area contributed by atoms with Crippen LogP contribution in [0.2, 0.25) is 0 Å². The van der Waals surface area contributed by atoms with Crippen LogP contribution in [0.1, 0.15) is 24.0 Å². The highest BCUT2D eigenvalue weighted by Gasteiger charge is 2.18. The van der Waals surface area contributed by atoms with E-state index in [2.05, 4.69) is 20.6 Å². The Morgan fingerprint density at radius 3 is 2.83 bits per heavy atom. The van der Waals surface area contributed by atoms with Gasteiger partial charge >= 0.3 is 5.97 Å². The molecule has 0 aliphatic carbocycles. The smallest absolute Gasteiger partial charge is 0.309 e. The zero-order valence-corrected chi connectivity index (χ0v) is 20.5. The molecule has 2 aromatic carbocycles. The van der Waals surface area contributed by atoms with E-state index in [1.807, 2.05) is 55.5 Å². The Hall–Kier alpha value is -4.04. The fraction of sp³-hybridized carbons (Fsp3) is 0.286. The number of esters is 1. The topological polar surface area (TPSA) is 98.3 Å². The van der Waals surface area contributed by atoms with Crippen molar-refractivity contribution < 1.29 is 14.3 Å². The van der Waals surface area contributed by atoms with Gasteiger partial charge in [-0.15, -0.1) is 0 Å². The van der Waals surface area contributed by atoms with Crippen LogP contribution >= 0.6 is 0 Å². The average molecular weight is 484 g/mol. The summed E-state index contributed by atoms with van der Waals surface area (Å²) in [6, 6.07) is 15.8. The molecule has 1 aliphatic rings. The minimum atomic E-state index is -0.283. The Morgan fingerprint density at radius 1 is 1.08 bits per heavy atom. The summed E-state index contributed by atoms with van der Waals surface area (Å²) in [5.74, 6) is 1.45. The van der Waals surface area contributed by atoms with E-state index in [1.54, 1.807) is 12.4 Å². The van der Waals surface area contributed by atoms with E-state index >= 15 is 0 Å². The molecule has 2 N–H and O–H groups in total. The van der Waals surface area contributed by atoms with Gasteiger partial charge in [-0.3, -0.25) is 4.79 Å². The molecule has 1 atom stereocenters. The van der Waals surface area contributed by atoms with Crippen molar-refractivity contribution in [1.29, 1.82) is 0 Å². The number of pyridine rings is 1. The fourth-order valence-corrected chi connectivity index (χ4v) is 4.52. The van der Waals surface area contributed by atoms with Crippen LogP contribution in [0.3, 0.4) is 0 Å². The van der Waals surface area contributed by atoms with Gasteiger partial charge in [-0.05, 0) is 61.0 Å². The van der Waals surface area contributed by atoms with E-state index in [1.165, 1.54) is 7.11 Å². The summed E-state index contributed by atoms with van der Waals surface area (Å²) < 4.78 is 11.3. The number of anilines is 1. The van der Waals surface area contributed by atoms with Gasteiger partial charge < -0.3 is 20.1 Å². The molecule has 0 radical (unpaired) electrons. The van der Waals surface area contributed by atoms with Crippen molar-refractivity contribution in [2.75, 3.05) is 25.5 Å². The Balaban J connectivity index is 1.49. The second-order valence-corrected chi connectivity index (χ2v) is 8.89. The van der Waals surface area contributed by atoms with Gasteiger partial charge in [-0.25, -0.2) is 15.0 Å². The number of hydrogen-bond acceptors (Lipinski definition) is 8. The average Bonchev–Trinajstić information content (AvgIpc) is 2.91. The van der Waals surface area contributed by atoms with Crippen LogP contribution in [0.4, 0.5) is 5.95 Å². The van der Waals surface area contributed by atoms with E-state index in [0.29, 0.717) is 23.6 Å². The number of nitrogens with zero attached hydrogens (tertiary/aromatic N) is 3. The number of nitrogens with one attached hydrogen (secondary N) is 2. The molecule has 4 aromatic rings. The first-order chi connectivity index (χ1) is 17.6. The van der Waals surface area contributed by atoms with Gasteiger partial charge in [0.15, 0.2) is 0 Å². The summed E-state index contributed by atoms with van der Waals surface area (Å²) in [6.45, 7) is 3.94. The minimum absolute atomic E-state index is 0.193. The first-order valence-electron chi connectivity index (χ1n) is 12.1. The van der Waals surface area contributed by atoms with Crippen LogP contribution in [-0.2, 0) is 16.0 Å². The number of fused-ring (bicyclic) bond motifs is 1. The molecule has 1 fully saturated rings. The highest BCUT2D eigenvalue weighted by atomic mass is 16.5. The first kappa shape index (κ1) is 23.7. The van der Waals surface area contributed by atoms with Crippen molar-refractivity contribution >= 4 is 22.7 Å². The normalized spacial score (nSPS) is 15.4. The van der Waals surface area contributed by atoms with E-state index in [9.17, 15) is 4.79 Å². The van der Waals surface area contributed by atoms with Crippen LogP contribution in [0.25, 0.3) is 22.0 Å². The van der Waals surface area contributed by atoms with E-state index in [0.717, 1.165) is 59.1 Å². The molecule has 0 bridgehead atoms. The lowest BCUT2D eigenvalue weighted by Crippen LogP contribution is -2.38. The van der Waals surface area contributed by atoms with Crippen molar-refractivity contribution in [3.05, 3.63) is 72.1 Å². The van der Waals surface area contributed by atoms with Gasteiger partial charge in [0.25, 0.3) is 0 Å². The predicted octanol–water partition coefficient (Wildman–Crippen LogP) is 4.67. The molecule has 36 heavy (non-hydrogen) atoms. The molecule has 3 heterocycles. The van der Waals surface area contributed by atoms with Gasteiger partial charge in [-0.1, -0.05) is 30.3 Å². The number of rotatable bonds is 7. The number of hydrogen-bond donors (Lipinski definition) is 2. The number of carbonyl (C=O) groups excluding carboxylic acids is 1. The van der Waals surface area contributed by atoms with Crippen molar-refractivity contribution in [3.8, 4) is 22.9 Å². The minimum Gasteiger partial charge on any atom is -0.469 e.